The van der Waals surface area contributed by atoms with Crippen LogP contribution in [-0.2, 0) is 24.7 Å². The number of methoxy groups -OCH3 is 1. The average Bonchev–Trinajstić information content (AvgIpc) is 3.82. The molecule has 280 valence electrons. The third-order valence-corrected chi connectivity index (χ3v) is 10.9. The third-order valence-electron chi connectivity index (χ3n) is 9.66. The summed E-state index contributed by atoms with van der Waals surface area (Å²) in [6, 6.07) is 20.8. The van der Waals surface area contributed by atoms with Crippen LogP contribution in [0.2, 0.25) is 0 Å². The molecule has 0 bridgehead atoms. The number of para-hydroxylation sites is 1. The minimum Gasteiger partial charge on any atom is -0.493 e. The molecule has 0 radical (unpaired) electrons. The van der Waals surface area contributed by atoms with Gasteiger partial charge in [0, 0.05) is 58.6 Å². The number of thiol groups is 1. The highest BCUT2D eigenvalue weighted by Gasteiger charge is 2.37. The molecule has 13 heteroatoms. The first kappa shape index (κ1) is 37.1. The minimum absolute atomic E-state index is 0.0222. The summed E-state index contributed by atoms with van der Waals surface area (Å²) < 4.78 is 14.0. The highest BCUT2D eigenvalue weighted by Crippen LogP contribution is 2.40. The zero-order valence-electron chi connectivity index (χ0n) is 30.7. The van der Waals surface area contributed by atoms with Crippen LogP contribution < -0.4 is 30.3 Å². The summed E-state index contributed by atoms with van der Waals surface area (Å²) in [5.41, 5.74) is 5.19. The van der Waals surface area contributed by atoms with Crippen molar-refractivity contribution in [3.05, 3.63) is 100 Å². The van der Waals surface area contributed by atoms with Crippen molar-refractivity contribution in [3.8, 4) is 11.5 Å². The Labute approximate surface area is 323 Å². The number of nitrogens with zero attached hydrogens (tertiary/aromatic N) is 2. The van der Waals surface area contributed by atoms with Gasteiger partial charge in [0.05, 0.1) is 24.3 Å². The molecule has 0 saturated carbocycles. The van der Waals surface area contributed by atoms with Crippen molar-refractivity contribution in [2.75, 3.05) is 35.8 Å². The van der Waals surface area contributed by atoms with Crippen molar-refractivity contribution in [1.82, 2.24) is 9.88 Å². The second-order valence-corrected chi connectivity index (χ2v) is 16.7. The molecule has 0 unspecified atom stereocenters. The fraction of sp³-hybridized carbons (Fsp3) is 0.317. The third kappa shape index (κ3) is 7.97. The number of thiophene rings is 1. The van der Waals surface area contributed by atoms with E-state index in [9.17, 15) is 19.2 Å². The first-order chi connectivity index (χ1) is 25.9. The van der Waals surface area contributed by atoms with Gasteiger partial charge in [-0.05, 0) is 105 Å². The maximum absolute atomic E-state index is 13.7. The van der Waals surface area contributed by atoms with Crippen molar-refractivity contribution in [3.63, 3.8) is 0 Å². The van der Waals surface area contributed by atoms with Crippen molar-refractivity contribution in [2.24, 2.45) is 7.05 Å². The normalized spacial score (nSPS) is 14.9. The van der Waals surface area contributed by atoms with Crippen LogP contribution in [0.4, 0.5) is 17.1 Å². The van der Waals surface area contributed by atoms with Crippen molar-refractivity contribution in [1.29, 1.82) is 0 Å². The number of ether oxygens (including phenoxy) is 2. The van der Waals surface area contributed by atoms with E-state index in [1.807, 2.05) is 61.2 Å². The topological polar surface area (TPSA) is 131 Å². The maximum atomic E-state index is 13.7. The number of rotatable bonds is 12. The molecule has 0 saturated heterocycles. The number of aryl methyl sites for hydroxylation is 2. The Morgan fingerprint density at radius 1 is 0.963 bits per heavy atom. The molecule has 0 fully saturated rings. The number of carbonyl (C=O) groups excluding carboxylic acids is 4. The number of aromatic nitrogens is 1. The molecule has 7 rings (SSSR count). The Balaban J connectivity index is 0.915. The van der Waals surface area contributed by atoms with E-state index >= 15 is 0 Å². The smallest absolute Gasteiger partial charge is 0.272 e. The van der Waals surface area contributed by atoms with Gasteiger partial charge in [-0.2, -0.15) is 12.6 Å². The van der Waals surface area contributed by atoms with Crippen LogP contribution in [0.5, 0.6) is 11.5 Å². The number of nitrogens with one attached hydrogen (secondary N) is 3. The molecular formula is C41H43N5O6S2. The molecule has 4 amide bonds. The van der Waals surface area contributed by atoms with Gasteiger partial charge in [-0.15, -0.1) is 11.3 Å². The van der Waals surface area contributed by atoms with Gasteiger partial charge in [0.2, 0.25) is 5.91 Å². The number of amides is 4. The molecular weight excluding hydrogens is 723 g/mol. The fourth-order valence-corrected chi connectivity index (χ4v) is 8.05. The number of benzene rings is 3. The van der Waals surface area contributed by atoms with Crippen LogP contribution in [0.1, 0.15) is 74.8 Å². The molecule has 4 heterocycles. The van der Waals surface area contributed by atoms with E-state index in [0.717, 1.165) is 40.6 Å². The highest BCUT2D eigenvalue weighted by molar-refractivity contribution is 7.81. The zero-order chi connectivity index (χ0) is 38.1. The number of hydrogen-bond acceptors (Lipinski definition) is 8. The van der Waals surface area contributed by atoms with E-state index < -0.39 is 0 Å². The maximum Gasteiger partial charge on any atom is 0.272 e. The quantitative estimate of drug-likeness (QED) is 0.0782. The fourth-order valence-electron chi connectivity index (χ4n) is 7.01. The molecule has 3 N–H and O–H groups in total. The Morgan fingerprint density at radius 2 is 1.78 bits per heavy atom. The largest absolute Gasteiger partial charge is 0.493 e. The van der Waals surface area contributed by atoms with Gasteiger partial charge >= 0.3 is 0 Å². The summed E-state index contributed by atoms with van der Waals surface area (Å²) in [5.74, 6) is 0.290. The van der Waals surface area contributed by atoms with Crippen molar-refractivity contribution >= 4 is 74.7 Å². The van der Waals surface area contributed by atoms with Gasteiger partial charge in [-0.3, -0.25) is 19.2 Å². The molecule has 5 aromatic rings. The van der Waals surface area contributed by atoms with Gasteiger partial charge in [0.15, 0.2) is 11.5 Å². The monoisotopic (exact) mass is 765 g/mol. The lowest BCUT2D eigenvalue weighted by Crippen LogP contribution is -2.36. The summed E-state index contributed by atoms with van der Waals surface area (Å²) in [6.07, 6.45) is 4.78. The Bertz CT molecular complexity index is 2270. The van der Waals surface area contributed by atoms with Crippen LogP contribution in [-0.4, -0.2) is 59.2 Å². The summed E-state index contributed by atoms with van der Waals surface area (Å²) in [6.45, 7) is 4.57. The number of carbonyl (C=O) groups is 4. The van der Waals surface area contributed by atoms with Gasteiger partial charge in [-0.1, -0.05) is 18.2 Å². The van der Waals surface area contributed by atoms with E-state index in [1.54, 1.807) is 43.1 Å². The molecule has 2 aromatic heterocycles. The van der Waals surface area contributed by atoms with Crippen LogP contribution in [0.15, 0.2) is 72.9 Å². The van der Waals surface area contributed by atoms with Gasteiger partial charge in [0.1, 0.15) is 5.69 Å². The standard InChI is InChI=1S/C41H43N5O6S2/c1-41(2,53)23-42-39(49)36-19-26-16-27(12-14-35(26)54-36)44-38(48)32-20-28(22-45(32)3)43-37(47)10-7-15-52-34-18-24-11-13-29-17-25-8-5-6-9-31(25)46(29)40(50)30(24)21-33(34)51-4/h5-6,8-9,12,14,16,18-22,29,53H,7,10-11,13,15,17,23H2,1-4H3,(H,42,49)(H,43,47)(H,44,48)/t29-/m1/s1. The molecule has 0 spiro atoms. The van der Waals surface area contributed by atoms with E-state index in [2.05, 4.69) is 34.6 Å². The molecule has 54 heavy (non-hydrogen) atoms. The first-order valence-electron chi connectivity index (χ1n) is 17.9. The van der Waals surface area contributed by atoms with Gasteiger partial charge in [0.25, 0.3) is 17.7 Å². The summed E-state index contributed by atoms with van der Waals surface area (Å²) in [5, 5.41) is 9.55. The Morgan fingerprint density at radius 3 is 2.57 bits per heavy atom. The van der Waals surface area contributed by atoms with E-state index in [4.69, 9.17) is 9.47 Å². The van der Waals surface area contributed by atoms with E-state index in [0.29, 0.717) is 52.0 Å². The lowest BCUT2D eigenvalue weighted by atomic mass is 9.99. The molecule has 11 nitrogen and oxygen atoms in total. The predicted molar refractivity (Wildman–Crippen MR) is 216 cm³/mol. The Hall–Kier alpha value is -5.27. The minimum atomic E-state index is -0.337. The number of fused-ring (bicyclic) bond motifs is 5. The van der Waals surface area contributed by atoms with E-state index in [1.165, 1.54) is 16.9 Å². The lowest BCUT2D eigenvalue weighted by molar-refractivity contribution is -0.116. The van der Waals surface area contributed by atoms with Crippen LogP contribution in [0.3, 0.4) is 0 Å². The summed E-state index contributed by atoms with van der Waals surface area (Å²) >= 11 is 5.85. The molecule has 0 aliphatic carbocycles. The number of anilines is 3. The SMILES string of the molecule is COc1cc2c(cc1OCCCC(=O)Nc1cc(C(=O)Nc3ccc4sc(C(=O)NCC(C)(C)S)cc4c3)n(C)c1)CC[C@@H]1Cc3ccccc3N1C2=O. The van der Waals surface area contributed by atoms with E-state index in [-0.39, 0.29) is 47.4 Å². The lowest BCUT2D eigenvalue weighted by Gasteiger charge is -2.23. The van der Waals surface area contributed by atoms with Crippen LogP contribution in [0, 0.1) is 0 Å². The summed E-state index contributed by atoms with van der Waals surface area (Å²) in [4.78, 5) is 55.0. The van der Waals surface area contributed by atoms with Gasteiger partial charge < -0.3 is 34.9 Å². The van der Waals surface area contributed by atoms with Gasteiger partial charge in [-0.25, -0.2) is 0 Å². The molecule has 2 aliphatic heterocycles. The predicted octanol–water partition coefficient (Wildman–Crippen LogP) is 7.25. The second kappa shape index (κ2) is 15.2. The zero-order valence-corrected chi connectivity index (χ0v) is 32.4. The van der Waals surface area contributed by atoms with Crippen LogP contribution >= 0.6 is 24.0 Å². The Kier molecular flexibility index (Phi) is 10.5. The van der Waals surface area contributed by atoms with Crippen molar-refractivity contribution in [2.45, 2.75) is 56.7 Å². The molecule has 2 aliphatic rings. The molecule has 1 atom stereocenters. The number of hydrogen-bond donors (Lipinski definition) is 4. The highest BCUT2D eigenvalue weighted by atomic mass is 32.1. The first-order valence-corrected chi connectivity index (χ1v) is 19.2. The average molecular weight is 766 g/mol. The van der Waals surface area contributed by atoms with Crippen LogP contribution in [0.25, 0.3) is 10.1 Å². The second-order valence-electron chi connectivity index (χ2n) is 14.4. The van der Waals surface area contributed by atoms with Crippen molar-refractivity contribution < 1.29 is 28.7 Å². The molecule has 3 aromatic carbocycles. The summed E-state index contributed by atoms with van der Waals surface area (Å²) in [7, 11) is 3.29.